The van der Waals surface area contributed by atoms with Gasteiger partial charge in [0.25, 0.3) is 10.0 Å². The minimum Gasteiger partial charge on any atom is -0.455 e. The van der Waals surface area contributed by atoms with Crippen LogP contribution in [0.15, 0.2) is 75.6 Å². The van der Waals surface area contributed by atoms with Gasteiger partial charge in [-0.3, -0.25) is 9.10 Å². The highest BCUT2D eigenvalue weighted by Crippen LogP contribution is 2.38. The SMILES string of the molecule is Cc1cc(S(=O)(=O)N(C)c2cccc(-c3ccnc4c(C(=O)c5cccs5)cnn34)c2)c(C(F)(F)F)o1. The van der Waals surface area contributed by atoms with Gasteiger partial charge in [-0.15, -0.1) is 11.3 Å². The molecule has 8 nitrogen and oxygen atoms in total. The molecule has 0 bridgehead atoms. The van der Waals surface area contributed by atoms with E-state index in [1.54, 1.807) is 35.7 Å². The number of rotatable bonds is 6. The van der Waals surface area contributed by atoms with Gasteiger partial charge in [-0.25, -0.2) is 17.9 Å². The van der Waals surface area contributed by atoms with Gasteiger partial charge in [0.2, 0.25) is 11.5 Å². The summed E-state index contributed by atoms with van der Waals surface area (Å²) in [6, 6.07) is 12.1. The second-order valence-corrected chi connectivity index (χ2v) is 10.9. The van der Waals surface area contributed by atoms with E-state index in [1.165, 1.54) is 47.3 Å². The summed E-state index contributed by atoms with van der Waals surface area (Å²) in [5.41, 5.74) is 1.72. The number of sulfonamides is 1. The number of nitrogens with zero attached hydrogens (tertiary/aromatic N) is 4. The zero-order chi connectivity index (χ0) is 26.5. The Bertz CT molecular complexity index is 1740. The van der Waals surface area contributed by atoms with Crippen molar-refractivity contribution < 1.29 is 30.8 Å². The normalized spacial score (nSPS) is 12.2. The van der Waals surface area contributed by atoms with Crippen LogP contribution in [0.25, 0.3) is 16.9 Å². The number of benzene rings is 1. The molecular formula is C24H17F3N4O4S2. The molecule has 0 saturated carbocycles. The van der Waals surface area contributed by atoms with Gasteiger partial charge in [-0.2, -0.15) is 18.3 Å². The molecule has 0 radical (unpaired) electrons. The number of furan rings is 1. The van der Waals surface area contributed by atoms with Crippen LogP contribution in [0.1, 0.15) is 26.8 Å². The van der Waals surface area contributed by atoms with Crippen LogP contribution in [0.5, 0.6) is 0 Å². The minimum absolute atomic E-state index is 0.108. The highest BCUT2D eigenvalue weighted by Gasteiger charge is 2.43. The summed E-state index contributed by atoms with van der Waals surface area (Å²) in [6.45, 7) is 1.24. The van der Waals surface area contributed by atoms with E-state index >= 15 is 0 Å². The highest BCUT2D eigenvalue weighted by atomic mass is 32.2. The molecule has 4 heterocycles. The largest absolute Gasteiger partial charge is 0.455 e. The molecule has 5 aromatic rings. The van der Waals surface area contributed by atoms with Crippen molar-refractivity contribution in [3.63, 3.8) is 0 Å². The average molecular weight is 547 g/mol. The van der Waals surface area contributed by atoms with E-state index in [-0.39, 0.29) is 17.2 Å². The number of aryl methyl sites for hydroxylation is 1. The molecule has 4 aromatic heterocycles. The topological polar surface area (TPSA) is 97.8 Å². The van der Waals surface area contributed by atoms with Crippen LogP contribution < -0.4 is 4.31 Å². The van der Waals surface area contributed by atoms with Crippen molar-refractivity contribution in [1.82, 2.24) is 14.6 Å². The van der Waals surface area contributed by atoms with Crippen LogP contribution in [0.2, 0.25) is 0 Å². The van der Waals surface area contributed by atoms with Crippen molar-refractivity contribution >= 4 is 38.5 Å². The molecule has 0 saturated heterocycles. The van der Waals surface area contributed by atoms with E-state index < -0.39 is 26.9 Å². The first-order valence-electron chi connectivity index (χ1n) is 10.7. The Labute approximate surface area is 212 Å². The number of thiophene rings is 1. The van der Waals surface area contributed by atoms with Crippen LogP contribution in [-0.4, -0.2) is 35.8 Å². The van der Waals surface area contributed by atoms with Crippen molar-refractivity contribution in [3.8, 4) is 11.3 Å². The molecule has 0 fully saturated rings. The Morgan fingerprint density at radius 3 is 2.62 bits per heavy atom. The highest BCUT2D eigenvalue weighted by molar-refractivity contribution is 7.92. The van der Waals surface area contributed by atoms with Gasteiger partial charge in [-0.05, 0) is 36.6 Å². The van der Waals surface area contributed by atoms with E-state index in [2.05, 4.69) is 14.5 Å². The number of hydrogen-bond donors (Lipinski definition) is 0. The van der Waals surface area contributed by atoms with Gasteiger partial charge in [0, 0.05) is 24.9 Å². The zero-order valence-electron chi connectivity index (χ0n) is 19.2. The fourth-order valence-electron chi connectivity index (χ4n) is 3.84. The van der Waals surface area contributed by atoms with E-state index in [9.17, 15) is 26.4 Å². The molecule has 0 aliphatic rings. The molecule has 13 heteroatoms. The van der Waals surface area contributed by atoms with E-state index in [0.717, 1.165) is 17.4 Å². The second-order valence-electron chi connectivity index (χ2n) is 8.00. The third-order valence-electron chi connectivity index (χ3n) is 5.61. The number of halogens is 3. The number of ketones is 1. The maximum Gasteiger partial charge on any atom is 0.450 e. The fraction of sp³-hybridized carbons (Fsp3) is 0.125. The lowest BCUT2D eigenvalue weighted by molar-refractivity contribution is -0.155. The fourth-order valence-corrected chi connectivity index (χ4v) is 5.91. The monoisotopic (exact) mass is 546 g/mol. The summed E-state index contributed by atoms with van der Waals surface area (Å²) in [7, 11) is -3.46. The summed E-state index contributed by atoms with van der Waals surface area (Å²) in [4.78, 5) is 16.7. The average Bonchev–Trinajstić information content (AvgIpc) is 3.62. The molecule has 0 aliphatic carbocycles. The van der Waals surface area contributed by atoms with Crippen molar-refractivity contribution in [2.45, 2.75) is 18.0 Å². The number of carbonyl (C=O) groups is 1. The predicted molar refractivity (Wildman–Crippen MR) is 130 cm³/mol. The maximum absolute atomic E-state index is 13.4. The minimum atomic E-state index is -4.99. The lowest BCUT2D eigenvalue weighted by atomic mass is 10.1. The summed E-state index contributed by atoms with van der Waals surface area (Å²) in [5.74, 6) is -1.99. The van der Waals surface area contributed by atoms with Gasteiger partial charge in [-0.1, -0.05) is 18.2 Å². The number of alkyl halides is 3. The lowest BCUT2D eigenvalue weighted by Crippen LogP contribution is -2.28. The molecule has 190 valence electrons. The van der Waals surface area contributed by atoms with Crippen LogP contribution in [0.4, 0.5) is 18.9 Å². The molecular weight excluding hydrogens is 529 g/mol. The molecule has 1 aromatic carbocycles. The zero-order valence-corrected chi connectivity index (χ0v) is 20.9. The summed E-state index contributed by atoms with van der Waals surface area (Å²) in [5, 5.41) is 6.09. The van der Waals surface area contributed by atoms with Gasteiger partial charge in [0.05, 0.1) is 28.0 Å². The number of anilines is 1. The molecule has 0 amide bonds. The van der Waals surface area contributed by atoms with Crippen LogP contribution >= 0.6 is 11.3 Å². The van der Waals surface area contributed by atoms with Crippen LogP contribution in [-0.2, 0) is 16.2 Å². The van der Waals surface area contributed by atoms with Crippen LogP contribution in [0, 0.1) is 6.92 Å². The first kappa shape index (κ1) is 24.7. The van der Waals surface area contributed by atoms with Crippen molar-refractivity contribution in [1.29, 1.82) is 0 Å². The standard InChI is InChI=1S/C24H17F3N4O4S2/c1-14-11-20(22(35-14)24(25,26)27)37(33,34)30(2)16-6-3-5-15(12-16)18-8-9-28-23-17(13-29-31(18)23)21(32)19-7-4-10-36-19/h3-13H,1-2H3. The Hall–Kier alpha value is -3.97. The summed E-state index contributed by atoms with van der Waals surface area (Å²) < 4.78 is 73.5. The molecule has 37 heavy (non-hydrogen) atoms. The van der Waals surface area contributed by atoms with Gasteiger partial charge < -0.3 is 4.42 Å². The Morgan fingerprint density at radius 1 is 1.14 bits per heavy atom. The van der Waals surface area contributed by atoms with Gasteiger partial charge in [0.15, 0.2) is 5.65 Å². The summed E-state index contributed by atoms with van der Waals surface area (Å²) >= 11 is 1.29. The second kappa shape index (κ2) is 8.85. The molecule has 5 rings (SSSR count). The first-order valence-corrected chi connectivity index (χ1v) is 13.0. The molecule has 0 spiro atoms. The smallest absolute Gasteiger partial charge is 0.450 e. The summed E-state index contributed by atoms with van der Waals surface area (Å²) in [6.07, 6.45) is -2.08. The number of carbonyl (C=O) groups excluding carboxylic acids is 1. The number of aromatic nitrogens is 3. The predicted octanol–water partition coefficient (Wildman–Crippen LogP) is 5.43. The van der Waals surface area contributed by atoms with Crippen molar-refractivity contribution in [2.24, 2.45) is 0 Å². The van der Waals surface area contributed by atoms with E-state index in [1.807, 2.05) is 0 Å². The third kappa shape index (κ3) is 4.29. The van der Waals surface area contributed by atoms with Crippen molar-refractivity contribution in [2.75, 3.05) is 11.4 Å². The molecule has 0 aliphatic heterocycles. The van der Waals surface area contributed by atoms with Gasteiger partial charge >= 0.3 is 6.18 Å². The molecule has 0 unspecified atom stereocenters. The molecule has 0 N–H and O–H groups in total. The quantitative estimate of drug-likeness (QED) is 0.263. The Morgan fingerprint density at radius 2 is 1.92 bits per heavy atom. The lowest BCUT2D eigenvalue weighted by Gasteiger charge is -2.20. The number of hydrogen-bond acceptors (Lipinski definition) is 7. The molecule has 0 atom stereocenters. The van der Waals surface area contributed by atoms with Crippen molar-refractivity contribution in [3.05, 3.63) is 88.3 Å². The number of fused-ring (bicyclic) bond motifs is 1. The third-order valence-corrected chi connectivity index (χ3v) is 8.27. The Kier molecular flexibility index (Phi) is 5.91. The van der Waals surface area contributed by atoms with Gasteiger partial charge in [0.1, 0.15) is 10.7 Å². The van der Waals surface area contributed by atoms with E-state index in [0.29, 0.717) is 27.3 Å². The Balaban J connectivity index is 1.55. The first-order chi connectivity index (χ1) is 17.5. The maximum atomic E-state index is 13.4. The van der Waals surface area contributed by atoms with E-state index in [4.69, 9.17) is 0 Å². The van der Waals surface area contributed by atoms with Crippen LogP contribution in [0.3, 0.4) is 0 Å².